The first-order chi connectivity index (χ1) is 9.31. The lowest BCUT2D eigenvalue weighted by Gasteiger charge is -2.11. The predicted molar refractivity (Wildman–Crippen MR) is 66.8 cm³/mol. The van der Waals surface area contributed by atoms with Crippen LogP contribution in [0.5, 0.6) is 0 Å². The van der Waals surface area contributed by atoms with Gasteiger partial charge in [0.2, 0.25) is 5.91 Å². The van der Waals surface area contributed by atoms with Crippen LogP contribution in [0.2, 0.25) is 0 Å². The van der Waals surface area contributed by atoms with E-state index in [4.69, 9.17) is 15.9 Å². The molecule has 0 aliphatic heterocycles. The minimum atomic E-state index is -1.42. The molecule has 0 spiro atoms. The zero-order valence-electron chi connectivity index (χ0n) is 10.3. The monoisotopic (exact) mass is 284 g/mol. The SMILES string of the molecule is NC(CCC(=O)O)C(=O)Nc1ccc(C(=O)O)c(F)c1. The van der Waals surface area contributed by atoms with E-state index in [9.17, 15) is 18.8 Å². The van der Waals surface area contributed by atoms with Crippen molar-refractivity contribution in [3.63, 3.8) is 0 Å². The molecule has 8 heteroatoms. The van der Waals surface area contributed by atoms with Crippen molar-refractivity contribution in [2.24, 2.45) is 5.73 Å². The number of aromatic carboxylic acids is 1. The van der Waals surface area contributed by atoms with E-state index in [0.717, 1.165) is 12.1 Å². The van der Waals surface area contributed by atoms with E-state index in [1.807, 2.05) is 0 Å². The summed E-state index contributed by atoms with van der Waals surface area (Å²) in [4.78, 5) is 32.5. The van der Waals surface area contributed by atoms with Crippen LogP contribution >= 0.6 is 0 Å². The van der Waals surface area contributed by atoms with Crippen LogP contribution in [0.15, 0.2) is 18.2 Å². The van der Waals surface area contributed by atoms with E-state index in [1.165, 1.54) is 6.07 Å². The predicted octanol–water partition coefficient (Wildman–Crippen LogP) is 0.654. The van der Waals surface area contributed by atoms with Gasteiger partial charge in [0, 0.05) is 12.1 Å². The number of aliphatic carboxylic acids is 1. The van der Waals surface area contributed by atoms with E-state index in [2.05, 4.69) is 5.32 Å². The van der Waals surface area contributed by atoms with Crippen molar-refractivity contribution in [3.8, 4) is 0 Å². The van der Waals surface area contributed by atoms with Gasteiger partial charge in [0.25, 0.3) is 0 Å². The number of rotatable bonds is 6. The molecule has 1 aromatic rings. The Hall–Kier alpha value is -2.48. The molecule has 0 aliphatic carbocycles. The highest BCUT2D eigenvalue weighted by molar-refractivity contribution is 5.95. The van der Waals surface area contributed by atoms with Crippen LogP contribution in [0.4, 0.5) is 10.1 Å². The molecule has 0 aromatic heterocycles. The van der Waals surface area contributed by atoms with Gasteiger partial charge in [0.1, 0.15) is 5.82 Å². The number of hydrogen-bond acceptors (Lipinski definition) is 4. The van der Waals surface area contributed by atoms with Gasteiger partial charge >= 0.3 is 11.9 Å². The average molecular weight is 284 g/mol. The molecule has 108 valence electrons. The summed E-state index contributed by atoms with van der Waals surface area (Å²) in [5.41, 5.74) is 5.00. The van der Waals surface area contributed by atoms with Gasteiger partial charge in [0.05, 0.1) is 11.6 Å². The topological polar surface area (TPSA) is 130 Å². The minimum Gasteiger partial charge on any atom is -0.481 e. The molecule has 0 radical (unpaired) electrons. The lowest BCUT2D eigenvalue weighted by Crippen LogP contribution is -2.36. The van der Waals surface area contributed by atoms with Crippen molar-refractivity contribution in [2.75, 3.05) is 5.32 Å². The minimum absolute atomic E-state index is 0.0447. The molecule has 0 bridgehead atoms. The van der Waals surface area contributed by atoms with Gasteiger partial charge in [-0.25, -0.2) is 9.18 Å². The van der Waals surface area contributed by atoms with Crippen LogP contribution < -0.4 is 11.1 Å². The number of carboxylic acids is 2. The molecular formula is C12H13FN2O5. The van der Waals surface area contributed by atoms with Crippen LogP contribution in [0, 0.1) is 5.82 Å². The maximum absolute atomic E-state index is 13.4. The van der Waals surface area contributed by atoms with Crippen LogP contribution in [-0.4, -0.2) is 34.1 Å². The number of carbonyl (C=O) groups is 3. The normalized spacial score (nSPS) is 11.7. The van der Waals surface area contributed by atoms with Gasteiger partial charge in [0.15, 0.2) is 0 Å². The molecule has 1 aromatic carbocycles. The lowest BCUT2D eigenvalue weighted by molar-refractivity contribution is -0.137. The Kier molecular flexibility index (Phi) is 5.15. The largest absolute Gasteiger partial charge is 0.481 e. The zero-order valence-corrected chi connectivity index (χ0v) is 10.3. The Morgan fingerprint density at radius 2 is 1.95 bits per heavy atom. The Bertz CT molecular complexity index is 547. The summed E-state index contributed by atoms with van der Waals surface area (Å²) in [6.45, 7) is 0. The van der Waals surface area contributed by atoms with Gasteiger partial charge in [-0.2, -0.15) is 0 Å². The Morgan fingerprint density at radius 1 is 1.30 bits per heavy atom. The first-order valence-corrected chi connectivity index (χ1v) is 5.62. The summed E-state index contributed by atoms with van der Waals surface area (Å²) in [5.74, 6) is -4.16. The fraction of sp³-hybridized carbons (Fsp3) is 0.250. The summed E-state index contributed by atoms with van der Waals surface area (Å²) < 4.78 is 13.4. The molecule has 0 saturated carbocycles. The number of carbonyl (C=O) groups excluding carboxylic acids is 1. The van der Waals surface area contributed by atoms with E-state index < -0.39 is 35.3 Å². The third-order valence-corrected chi connectivity index (χ3v) is 2.47. The quantitative estimate of drug-likeness (QED) is 0.607. The van der Waals surface area contributed by atoms with Gasteiger partial charge in [-0.05, 0) is 24.6 Å². The molecule has 0 aliphatic rings. The molecule has 1 atom stereocenters. The summed E-state index contributed by atoms with van der Waals surface area (Å²) in [5, 5.41) is 19.4. The second-order valence-electron chi connectivity index (χ2n) is 4.03. The third kappa shape index (κ3) is 4.32. The Labute approximate surface area is 113 Å². The highest BCUT2D eigenvalue weighted by Crippen LogP contribution is 2.15. The van der Waals surface area contributed by atoms with E-state index in [0.29, 0.717) is 0 Å². The zero-order chi connectivity index (χ0) is 15.3. The number of carboxylic acid groups (broad SMARTS) is 2. The van der Waals surface area contributed by atoms with Crippen LogP contribution in [-0.2, 0) is 9.59 Å². The molecule has 1 amide bonds. The molecule has 1 unspecified atom stereocenters. The van der Waals surface area contributed by atoms with Crippen molar-refractivity contribution in [3.05, 3.63) is 29.6 Å². The molecule has 0 fully saturated rings. The first-order valence-electron chi connectivity index (χ1n) is 5.62. The van der Waals surface area contributed by atoms with Crippen LogP contribution in [0.3, 0.4) is 0 Å². The smallest absolute Gasteiger partial charge is 0.338 e. The molecule has 0 heterocycles. The van der Waals surface area contributed by atoms with Gasteiger partial charge in [-0.1, -0.05) is 0 Å². The number of nitrogens with two attached hydrogens (primary N) is 1. The highest BCUT2D eigenvalue weighted by atomic mass is 19.1. The molecular weight excluding hydrogens is 271 g/mol. The second-order valence-corrected chi connectivity index (χ2v) is 4.03. The number of benzene rings is 1. The van der Waals surface area contributed by atoms with Crippen molar-refractivity contribution in [2.45, 2.75) is 18.9 Å². The fourth-order valence-corrected chi connectivity index (χ4v) is 1.41. The maximum atomic E-state index is 13.4. The standard InChI is InChI=1S/C12H13FN2O5/c13-8-5-6(1-2-7(8)12(19)20)15-11(18)9(14)3-4-10(16)17/h1-2,5,9H,3-4,14H2,(H,15,18)(H,16,17)(H,19,20). The van der Waals surface area contributed by atoms with E-state index >= 15 is 0 Å². The molecule has 7 nitrogen and oxygen atoms in total. The summed E-state index contributed by atoms with van der Waals surface area (Å²) >= 11 is 0. The summed E-state index contributed by atoms with van der Waals surface area (Å²) in [6, 6.07) is 2.03. The second kappa shape index (κ2) is 6.62. The summed E-state index contributed by atoms with van der Waals surface area (Å²) in [6.07, 6.45) is -0.322. The highest BCUT2D eigenvalue weighted by Gasteiger charge is 2.16. The number of halogens is 1. The molecule has 5 N–H and O–H groups in total. The van der Waals surface area contributed by atoms with Gasteiger partial charge in [-0.3, -0.25) is 9.59 Å². The Morgan fingerprint density at radius 3 is 2.45 bits per heavy atom. The van der Waals surface area contributed by atoms with Crippen LogP contribution in [0.1, 0.15) is 23.2 Å². The molecule has 20 heavy (non-hydrogen) atoms. The fourth-order valence-electron chi connectivity index (χ4n) is 1.41. The van der Waals surface area contributed by atoms with E-state index in [-0.39, 0.29) is 18.5 Å². The third-order valence-electron chi connectivity index (χ3n) is 2.47. The maximum Gasteiger partial charge on any atom is 0.338 e. The van der Waals surface area contributed by atoms with Crippen molar-refractivity contribution in [1.29, 1.82) is 0 Å². The number of anilines is 1. The van der Waals surface area contributed by atoms with Crippen LogP contribution in [0.25, 0.3) is 0 Å². The van der Waals surface area contributed by atoms with E-state index in [1.54, 1.807) is 0 Å². The number of amides is 1. The number of nitrogens with one attached hydrogen (secondary N) is 1. The molecule has 0 saturated heterocycles. The Balaban J connectivity index is 2.69. The number of hydrogen-bond donors (Lipinski definition) is 4. The first kappa shape index (κ1) is 15.6. The lowest BCUT2D eigenvalue weighted by atomic mass is 10.1. The van der Waals surface area contributed by atoms with Gasteiger partial charge < -0.3 is 21.3 Å². The van der Waals surface area contributed by atoms with Gasteiger partial charge in [-0.15, -0.1) is 0 Å². The van der Waals surface area contributed by atoms with Crippen molar-refractivity contribution in [1.82, 2.24) is 0 Å². The summed E-state index contributed by atoms with van der Waals surface area (Å²) in [7, 11) is 0. The molecule has 1 rings (SSSR count). The average Bonchev–Trinajstić information content (AvgIpc) is 2.35. The van der Waals surface area contributed by atoms with Crippen molar-refractivity contribution < 1.29 is 29.0 Å². The van der Waals surface area contributed by atoms with Crippen molar-refractivity contribution >= 4 is 23.5 Å².